The first-order valence-corrected chi connectivity index (χ1v) is 13.5. The third kappa shape index (κ3) is 5.75. The van der Waals surface area contributed by atoms with E-state index in [1.165, 1.54) is 24.3 Å². The lowest BCUT2D eigenvalue weighted by molar-refractivity contribution is -0.358. The Morgan fingerprint density at radius 1 is 1.10 bits per heavy atom. The summed E-state index contributed by atoms with van der Waals surface area (Å²) in [4.78, 5) is 0. The molecular weight excluding hydrogens is 563 g/mol. The van der Waals surface area contributed by atoms with Crippen molar-refractivity contribution in [2.24, 2.45) is 0 Å². The number of nitrogens with zero attached hydrogens (tertiary/aromatic N) is 1. The van der Waals surface area contributed by atoms with E-state index in [0.717, 1.165) is 18.6 Å². The molecule has 2 fully saturated rings. The van der Waals surface area contributed by atoms with Crippen LogP contribution in [0.15, 0.2) is 36.4 Å². The fourth-order valence-corrected chi connectivity index (χ4v) is 4.81. The zero-order valence-electron chi connectivity index (χ0n) is 20.7. The van der Waals surface area contributed by atoms with Gasteiger partial charge >= 0.3 is 15.6 Å². The van der Waals surface area contributed by atoms with Crippen LogP contribution in [0.3, 0.4) is 0 Å². The van der Waals surface area contributed by atoms with Crippen LogP contribution in [0.25, 0.3) is 0 Å². The molecule has 218 valence electrons. The Bertz CT molecular complexity index is 1370. The van der Waals surface area contributed by atoms with E-state index in [4.69, 9.17) is 9.47 Å². The number of nitriles is 1. The van der Waals surface area contributed by atoms with Gasteiger partial charge in [0.2, 0.25) is 5.79 Å². The van der Waals surface area contributed by atoms with Crippen LogP contribution in [-0.2, 0) is 27.1 Å². The largest absolute Gasteiger partial charge is 0.534 e. The molecule has 0 aromatic heterocycles. The van der Waals surface area contributed by atoms with Crippen molar-refractivity contribution in [2.75, 3.05) is 6.61 Å². The highest BCUT2D eigenvalue weighted by atomic mass is 32.2. The number of aliphatic hydroxyl groups excluding tert-OH is 4. The van der Waals surface area contributed by atoms with Gasteiger partial charge in [-0.2, -0.15) is 26.9 Å². The highest BCUT2D eigenvalue weighted by molar-refractivity contribution is 7.88. The van der Waals surface area contributed by atoms with Crippen molar-refractivity contribution in [2.45, 2.75) is 67.5 Å². The molecule has 0 bridgehead atoms. The van der Waals surface area contributed by atoms with Gasteiger partial charge in [-0.25, -0.2) is 0 Å². The van der Waals surface area contributed by atoms with E-state index in [0.29, 0.717) is 18.4 Å². The summed E-state index contributed by atoms with van der Waals surface area (Å²) in [6.07, 6.45) is -5.30. The SMILES string of the molecule is N#Cc1cc(OC2CCC2)c([C@@]2(O)O[C@H](CO)[C@@H](O)[C@H](O)[C@H]2O)cc1Cc1ccc(OS(=O)(=O)C(F)(F)F)cc1. The number of hydrogen-bond acceptors (Lipinski definition) is 11. The number of benzene rings is 2. The average molecular weight is 590 g/mol. The molecule has 0 radical (unpaired) electrons. The van der Waals surface area contributed by atoms with E-state index in [1.54, 1.807) is 0 Å². The molecule has 2 aliphatic rings. The van der Waals surface area contributed by atoms with Crippen LogP contribution in [0, 0.1) is 11.3 Å². The molecule has 0 amide bonds. The molecule has 5 N–H and O–H groups in total. The third-order valence-electron chi connectivity index (χ3n) is 6.83. The molecule has 2 aromatic carbocycles. The van der Waals surface area contributed by atoms with Gasteiger partial charge in [-0.1, -0.05) is 12.1 Å². The molecule has 11 nitrogen and oxygen atoms in total. The van der Waals surface area contributed by atoms with Crippen LogP contribution >= 0.6 is 0 Å². The van der Waals surface area contributed by atoms with Crippen molar-refractivity contribution < 1.29 is 60.8 Å². The fourth-order valence-electron chi connectivity index (χ4n) is 4.35. The summed E-state index contributed by atoms with van der Waals surface area (Å²) in [5.41, 5.74) is -5.10. The first kappa shape index (κ1) is 30.0. The van der Waals surface area contributed by atoms with Crippen LogP contribution in [0.1, 0.15) is 41.5 Å². The highest BCUT2D eigenvalue weighted by Crippen LogP contribution is 2.43. The number of aliphatic hydroxyl groups is 5. The second kappa shape index (κ2) is 11.1. The van der Waals surface area contributed by atoms with Crippen molar-refractivity contribution in [3.63, 3.8) is 0 Å². The van der Waals surface area contributed by atoms with Crippen molar-refractivity contribution in [1.82, 2.24) is 0 Å². The van der Waals surface area contributed by atoms with Gasteiger partial charge in [-0.05, 0) is 61.1 Å². The Kier molecular flexibility index (Phi) is 8.35. The monoisotopic (exact) mass is 589 g/mol. The number of ether oxygens (including phenoxy) is 2. The molecule has 1 saturated carbocycles. The Hall–Kier alpha value is -2.97. The van der Waals surface area contributed by atoms with E-state index < -0.39 is 58.2 Å². The molecule has 40 heavy (non-hydrogen) atoms. The number of rotatable bonds is 8. The first-order chi connectivity index (χ1) is 18.7. The molecule has 4 rings (SSSR count). The molecule has 0 unspecified atom stereocenters. The van der Waals surface area contributed by atoms with E-state index in [9.17, 15) is 52.4 Å². The maximum Gasteiger partial charge on any atom is 0.534 e. The summed E-state index contributed by atoms with van der Waals surface area (Å²) in [5.74, 6) is -3.31. The molecular formula is C25H26F3NO10S. The molecule has 15 heteroatoms. The summed E-state index contributed by atoms with van der Waals surface area (Å²) in [7, 11) is -5.87. The van der Waals surface area contributed by atoms with Gasteiger partial charge in [0, 0.05) is 0 Å². The quantitative estimate of drug-likeness (QED) is 0.218. The highest BCUT2D eigenvalue weighted by Gasteiger charge is 2.55. The van der Waals surface area contributed by atoms with Gasteiger partial charge < -0.3 is 39.2 Å². The lowest BCUT2D eigenvalue weighted by Crippen LogP contribution is -2.63. The molecule has 2 aromatic rings. The molecule has 0 spiro atoms. The van der Waals surface area contributed by atoms with Gasteiger partial charge in [0.25, 0.3) is 0 Å². The standard InChI is InChI=1S/C25H26F3NO10S/c26-25(27,28)40(35,36)39-17-6-4-13(5-7-17)8-14-9-18(19(10-15(14)11-29)37-16-2-1-3-16)24(34)23(33)22(32)21(31)20(12-30)38-24/h4-7,9-10,16,20-23,30-34H,1-3,8,12H2/t20-,21-,22+,23-,24-/m1/s1. The maximum atomic E-state index is 12.6. The average Bonchev–Trinajstić information content (AvgIpc) is 2.87. The van der Waals surface area contributed by atoms with E-state index in [2.05, 4.69) is 4.18 Å². The van der Waals surface area contributed by atoms with Crippen molar-refractivity contribution in [3.05, 3.63) is 58.7 Å². The van der Waals surface area contributed by atoms with Crippen LogP contribution in [-0.4, -0.2) is 76.6 Å². The van der Waals surface area contributed by atoms with Crippen LogP contribution in [0.4, 0.5) is 13.2 Å². The molecule has 5 atom stereocenters. The van der Waals surface area contributed by atoms with Crippen molar-refractivity contribution >= 4 is 10.1 Å². The Balaban J connectivity index is 1.71. The zero-order valence-corrected chi connectivity index (χ0v) is 21.5. The molecule has 1 aliphatic heterocycles. The van der Waals surface area contributed by atoms with Crippen LogP contribution in [0.2, 0.25) is 0 Å². The summed E-state index contributed by atoms with van der Waals surface area (Å²) in [6, 6.07) is 9.09. The van der Waals surface area contributed by atoms with Crippen molar-refractivity contribution in [3.8, 4) is 17.6 Å². The molecule has 1 aliphatic carbocycles. The summed E-state index contributed by atoms with van der Waals surface area (Å²) in [5, 5.41) is 62.1. The van der Waals surface area contributed by atoms with Gasteiger partial charge in [-0.15, -0.1) is 0 Å². The molecule has 1 heterocycles. The summed E-state index contributed by atoms with van der Waals surface area (Å²) in [6.45, 7) is -0.812. The fraction of sp³-hybridized carbons (Fsp3) is 0.480. The maximum absolute atomic E-state index is 12.6. The van der Waals surface area contributed by atoms with Gasteiger partial charge in [0.1, 0.15) is 35.9 Å². The summed E-state index contributed by atoms with van der Waals surface area (Å²) < 4.78 is 75.8. The minimum Gasteiger partial charge on any atom is -0.490 e. The second-order valence-electron chi connectivity index (χ2n) is 9.55. The van der Waals surface area contributed by atoms with Crippen molar-refractivity contribution in [1.29, 1.82) is 5.26 Å². The predicted octanol–water partition coefficient (Wildman–Crippen LogP) is 0.928. The smallest absolute Gasteiger partial charge is 0.490 e. The Labute approximate surface area is 226 Å². The molecule has 1 saturated heterocycles. The lowest BCUT2D eigenvalue weighted by Gasteiger charge is -2.46. The van der Waals surface area contributed by atoms with Gasteiger partial charge in [-0.3, -0.25) is 0 Å². The van der Waals surface area contributed by atoms with Crippen LogP contribution < -0.4 is 8.92 Å². The predicted molar refractivity (Wildman–Crippen MR) is 128 cm³/mol. The van der Waals surface area contributed by atoms with Gasteiger partial charge in [0.15, 0.2) is 0 Å². The summed E-state index contributed by atoms with van der Waals surface area (Å²) >= 11 is 0. The number of halogens is 3. The zero-order chi connectivity index (χ0) is 29.5. The van der Waals surface area contributed by atoms with E-state index in [1.807, 2.05) is 6.07 Å². The van der Waals surface area contributed by atoms with Gasteiger partial charge in [0.05, 0.1) is 29.9 Å². The van der Waals surface area contributed by atoms with E-state index >= 15 is 0 Å². The number of hydrogen-bond donors (Lipinski definition) is 5. The normalized spacial score (nSPS) is 27.5. The lowest BCUT2D eigenvalue weighted by atomic mass is 9.85. The van der Waals surface area contributed by atoms with E-state index in [-0.39, 0.29) is 35.0 Å². The second-order valence-corrected chi connectivity index (χ2v) is 11.1. The first-order valence-electron chi connectivity index (χ1n) is 12.1. The minimum atomic E-state index is -5.87. The topological polar surface area (TPSA) is 187 Å². The third-order valence-corrected chi connectivity index (χ3v) is 7.81. The number of alkyl halides is 3. The van der Waals surface area contributed by atoms with Crippen LogP contribution in [0.5, 0.6) is 11.5 Å². The minimum absolute atomic E-state index is 0.0343. The Morgan fingerprint density at radius 2 is 1.75 bits per heavy atom. The Morgan fingerprint density at radius 3 is 2.27 bits per heavy atom.